The first-order valence-electron chi connectivity index (χ1n) is 7.61. The molecule has 0 N–H and O–H groups in total. The third kappa shape index (κ3) is 3.33. The summed E-state index contributed by atoms with van der Waals surface area (Å²) >= 11 is 0. The topological polar surface area (TPSA) is 26.5 Å². The van der Waals surface area contributed by atoms with E-state index in [0.717, 1.165) is 33.4 Å². The minimum atomic E-state index is 0. The number of nitrogens with zero attached hydrogens (tertiary/aromatic N) is 2. The van der Waals surface area contributed by atoms with E-state index < -0.39 is 0 Å². The summed E-state index contributed by atoms with van der Waals surface area (Å²) in [5.74, 6) is 0. The molecule has 0 unspecified atom stereocenters. The molecule has 120 valence electrons. The van der Waals surface area contributed by atoms with Gasteiger partial charge in [0, 0.05) is 6.21 Å². The van der Waals surface area contributed by atoms with Gasteiger partial charge < -0.3 is 4.98 Å². The zero-order valence-electron chi connectivity index (χ0n) is 12.9. The third-order valence-corrected chi connectivity index (χ3v) is 3.80. The fraction of sp³-hybridized carbons (Fsp3) is 0. The van der Waals surface area contributed by atoms with Crippen molar-refractivity contribution in [3.8, 4) is 11.3 Å². The van der Waals surface area contributed by atoms with Crippen molar-refractivity contribution in [3.05, 3.63) is 90.5 Å². The molecule has 0 saturated heterocycles. The summed E-state index contributed by atoms with van der Waals surface area (Å²) in [6.45, 7) is 0. The van der Waals surface area contributed by atoms with Gasteiger partial charge >= 0.3 is 17.1 Å². The van der Waals surface area contributed by atoms with Crippen molar-refractivity contribution in [2.45, 2.75) is 0 Å². The second-order valence-electron chi connectivity index (χ2n) is 5.39. The quantitative estimate of drug-likeness (QED) is 0.364. The Kier molecular flexibility index (Phi) is 4.95. The Morgan fingerprint density at radius 2 is 1.46 bits per heavy atom. The average Bonchev–Trinajstić information content (AvgIpc) is 3.06. The summed E-state index contributed by atoms with van der Waals surface area (Å²) in [6, 6.07) is 28.5. The maximum absolute atomic E-state index is 4.80. The van der Waals surface area contributed by atoms with Crippen LogP contribution < -0.4 is 4.98 Å². The second kappa shape index (κ2) is 7.31. The summed E-state index contributed by atoms with van der Waals surface area (Å²) in [4.78, 5) is 9.35. The first-order chi connectivity index (χ1) is 11.4. The van der Waals surface area contributed by atoms with Crippen molar-refractivity contribution in [2.75, 3.05) is 0 Å². The number of aromatic nitrogens is 1. The number of hydrogen-bond donors (Lipinski definition) is 0. The smallest absolute Gasteiger partial charge is 0.656 e. The number of para-hydroxylation sites is 2. The first-order valence-corrected chi connectivity index (χ1v) is 7.61. The van der Waals surface area contributed by atoms with Gasteiger partial charge in [0.2, 0.25) is 0 Å². The van der Waals surface area contributed by atoms with Gasteiger partial charge in [0.05, 0.1) is 5.69 Å². The van der Waals surface area contributed by atoms with E-state index in [1.807, 2.05) is 60.8 Å². The summed E-state index contributed by atoms with van der Waals surface area (Å²) < 4.78 is 0. The molecule has 24 heavy (non-hydrogen) atoms. The van der Waals surface area contributed by atoms with Crippen LogP contribution in [0.3, 0.4) is 0 Å². The molecule has 0 saturated carbocycles. The summed E-state index contributed by atoms with van der Waals surface area (Å²) in [6.07, 6.45) is 1.89. The van der Waals surface area contributed by atoms with Gasteiger partial charge in [0.15, 0.2) is 0 Å². The van der Waals surface area contributed by atoms with E-state index in [1.165, 1.54) is 0 Å². The van der Waals surface area contributed by atoms with E-state index in [-0.39, 0.29) is 17.1 Å². The molecule has 3 heteroatoms. The molecule has 1 aromatic heterocycles. The van der Waals surface area contributed by atoms with Crippen LogP contribution in [0.25, 0.3) is 22.2 Å². The van der Waals surface area contributed by atoms with Crippen LogP contribution in [-0.2, 0) is 17.1 Å². The Balaban J connectivity index is 0.00000169. The van der Waals surface area contributed by atoms with Crippen LogP contribution in [0.5, 0.6) is 0 Å². The van der Waals surface area contributed by atoms with Crippen molar-refractivity contribution < 1.29 is 17.1 Å². The molecule has 0 atom stereocenters. The predicted molar refractivity (Wildman–Crippen MR) is 96.4 cm³/mol. The molecule has 0 amide bonds. The minimum Gasteiger partial charge on any atom is -0.656 e. The van der Waals surface area contributed by atoms with Crippen molar-refractivity contribution in [2.24, 2.45) is 4.99 Å². The second-order valence-corrected chi connectivity index (χ2v) is 5.39. The molecule has 0 fully saturated rings. The molecule has 0 aliphatic rings. The summed E-state index contributed by atoms with van der Waals surface area (Å²) in [5, 5.41) is 1.14. The molecule has 2 nitrogen and oxygen atoms in total. The maximum Gasteiger partial charge on any atom is 1.00 e. The molecule has 0 bridgehead atoms. The van der Waals surface area contributed by atoms with E-state index in [1.54, 1.807) is 0 Å². The molecule has 3 aromatic carbocycles. The van der Waals surface area contributed by atoms with Gasteiger partial charge in [-0.25, -0.2) is 0 Å². The number of benzene rings is 3. The third-order valence-electron chi connectivity index (χ3n) is 3.80. The molecule has 0 aliphatic heterocycles. The monoisotopic (exact) mass is 358 g/mol. The molecule has 0 radical (unpaired) electrons. The molecule has 4 rings (SSSR count). The number of rotatable bonds is 3. The molecule has 4 aromatic rings. The van der Waals surface area contributed by atoms with E-state index in [0.29, 0.717) is 0 Å². The van der Waals surface area contributed by atoms with E-state index in [2.05, 4.69) is 35.3 Å². The van der Waals surface area contributed by atoms with Crippen LogP contribution in [0.2, 0.25) is 0 Å². The van der Waals surface area contributed by atoms with Crippen molar-refractivity contribution in [1.82, 2.24) is 4.98 Å². The molecular weight excluding hydrogens is 344 g/mol. The SMILES string of the molecule is C(=Nc1ccccc1)c1cccc2cc(-c3ccccc3)[n-]c12.[Cu+]. The van der Waals surface area contributed by atoms with Crippen molar-refractivity contribution >= 4 is 22.8 Å². The first kappa shape index (κ1) is 16.3. The van der Waals surface area contributed by atoms with Crippen LogP contribution in [0, 0.1) is 0 Å². The number of aliphatic imine (C=N–C) groups is 1. The summed E-state index contributed by atoms with van der Waals surface area (Å²) in [5.41, 5.74) is 5.11. The van der Waals surface area contributed by atoms with Gasteiger partial charge in [0.25, 0.3) is 0 Å². The Morgan fingerprint density at radius 1 is 0.750 bits per heavy atom. The largest absolute Gasteiger partial charge is 1.00 e. The minimum absolute atomic E-state index is 0. The van der Waals surface area contributed by atoms with Crippen LogP contribution in [0.4, 0.5) is 5.69 Å². The average molecular weight is 359 g/mol. The molecular formula is C21H15CuN2. The van der Waals surface area contributed by atoms with Crippen LogP contribution >= 0.6 is 0 Å². The van der Waals surface area contributed by atoms with Gasteiger partial charge in [-0.2, -0.15) is 0 Å². The van der Waals surface area contributed by atoms with E-state index in [4.69, 9.17) is 4.98 Å². The normalized spacial score (nSPS) is 10.8. The molecule has 0 aliphatic carbocycles. The van der Waals surface area contributed by atoms with E-state index >= 15 is 0 Å². The number of hydrogen-bond acceptors (Lipinski definition) is 1. The molecule has 1 heterocycles. The standard InChI is InChI=1S/C21H15N2.Cu/c1-3-8-16(9-4-1)20-14-17-10-7-11-18(21(17)23-20)15-22-19-12-5-2-6-13-19;/h1-15H;/q-1;+1. The zero-order chi connectivity index (χ0) is 15.5. The van der Waals surface area contributed by atoms with Crippen LogP contribution in [-0.4, -0.2) is 6.21 Å². The van der Waals surface area contributed by atoms with Crippen molar-refractivity contribution in [3.63, 3.8) is 0 Å². The van der Waals surface area contributed by atoms with Crippen LogP contribution in [0.1, 0.15) is 5.56 Å². The van der Waals surface area contributed by atoms with Gasteiger partial charge in [-0.15, -0.1) is 11.2 Å². The Morgan fingerprint density at radius 3 is 2.21 bits per heavy atom. The Bertz CT molecular complexity index is 957. The van der Waals surface area contributed by atoms with Gasteiger partial charge in [-0.1, -0.05) is 72.8 Å². The van der Waals surface area contributed by atoms with Gasteiger partial charge in [-0.3, -0.25) is 4.99 Å². The zero-order valence-corrected chi connectivity index (χ0v) is 13.8. The predicted octanol–water partition coefficient (Wildman–Crippen LogP) is 5.21. The number of fused-ring (bicyclic) bond motifs is 1. The van der Waals surface area contributed by atoms with E-state index in [9.17, 15) is 0 Å². The fourth-order valence-corrected chi connectivity index (χ4v) is 2.64. The Hall–Kier alpha value is -2.61. The van der Waals surface area contributed by atoms with Gasteiger partial charge in [-0.05, 0) is 28.6 Å². The van der Waals surface area contributed by atoms with Crippen LogP contribution in [0.15, 0.2) is 89.9 Å². The molecule has 0 spiro atoms. The Labute approximate surface area is 151 Å². The maximum atomic E-state index is 4.80. The van der Waals surface area contributed by atoms with Gasteiger partial charge in [0.1, 0.15) is 0 Å². The fourth-order valence-electron chi connectivity index (χ4n) is 2.64. The summed E-state index contributed by atoms with van der Waals surface area (Å²) in [7, 11) is 0. The van der Waals surface area contributed by atoms with Crippen molar-refractivity contribution in [1.29, 1.82) is 0 Å².